The fraction of sp³-hybridized carbons (Fsp3) is 0.375. The number of hydrogen-bond donors (Lipinski definition) is 2. The summed E-state index contributed by atoms with van der Waals surface area (Å²) in [6.45, 7) is 4.92. The predicted octanol–water partition coefficient (Wildman–Crippen LogP) is 3.57. The van der Waals surface area contributed by atoms with Crippen molar-refractivity contribution in [1.29, 1.82) is 0 Å². The van der Waals surface area contributed by atoms with Gasteiger partial charge in [0.15, 0.2) is 0 Å². The van der Waals surface area contributed by atoms with Crippen molar-refractivity contribution in [3.63, 3.8) is 0 Å². The molecule has 0 bridgehead atoms. The van der Waals surface area contributed by atoms with Gasteiger partial charge in [-0.3, -0.25) is 0 Å². The molecule has 0 radical (unpaired) electrons. The van der Waals surface area contributed by atoms with E-state index in [0.717, 1.165) is 11.3 Å². The van der Waals surface area contributed by atoms with Crippen LogP contribution in [-0.4, -0.2) is 24.4 Å². The minimum atomic E-state index is -0.517. The van der Waals surface area contributed by atoms with Crippen LogP contribution in [0.15, 0.2) is 41.8 Å². The van der Waals surface area contributed by atoms with Crippen molar-refractivity contribution in [3.05, 3.63) is 52.2 Å². The summed E-state index contributed by atoms with van der Waals surface area (Å²) < 4.78 is 5.63. The predicted molar refractivity (Wildman–Crippen MR) is 90.7 cm³/mol. The number of rotatable bonds is 7. The van der Waals surface area contributed by atoms with Crippen LogP contribution >= 0.6 is 23.7 Å². The molecule has 0 aliphatic carbocycles. The Morgan fingerprint density at radius 1 is 1.24 bits per heavy atom. The normalized spacial score (nSPS) is 13.3. The van der Waals surface area contributed by atoms with Crippen molar-refractivity contribution in [2.75, 3.05) is 13.2 Å². The largest absolute Gasteiger partial charge is 0.491 e. The highest BCUT2D eigenvalue weighted by Gasteiger charge is 2.10. The monoisotopic (exact) mass is 327 g/mol. The second-order valence-electron chi connectivity index (χ2n) is 4.88. The van der Waals surface area contributed by atoms with Gasteiger partial charge in [0.05, 0.1) is 0 Å². The van der Waals surface area contributed by atoms with Crippen LogP contribution in [0.3, 0.4) is 0 Å². The van der Waals surface area contributed by atoms with Gasteiger partial charge in [-0.05, 0) is 36.9 Å². The Kier molecular flexibility index (Phi) is 7.75. The number of aryl methyl sites for hydroxylation is 1. The minimum absolute atomic E-state index is 0. The summed E-state index contributed by atoms with van der Waals surface area (Å²) in [7, 11) is 0. The lowest BCUT2D eigenvalue weighted by Gasteiger charge is -2.17. The number of thiophene rings is 1. The Bertz CT molecular complexity index is 519. The molecule has 1 aromatic heterocycles. The maximum absolute atomic E-state index is 9.96. The van der Waals surface area contributed by atoms with E-state index >= 15 is 0 Å². The van der Waals surface area contributed by atoms with E-state index in [1.165, 1.54) is 4.88 Å². The number of hydrogen-bond acceptors (Lipinski definition) is 4. The molecule has 3 nitrogen and oxygen atoms in total. The van der Waals surface area contributed by atoms with Crippen molar-refractivity contribution in [1.82, 2.24) is 5.32 Å². The number of aliphatic hydroxyl groups excluding tert-OH is 1. The summed E-state index contributed by atoms with van der Waals surface area (Å²) in [5.74, 6) is 0.831. The van der Waals surface area contributed by atoms with Crippen LogP contribution < -0.4 is 10.1 Å². The molecule has 2 atom stereocenters. The zero-order valence-electron chi connectivity index (χ0n) is 12.3. The van der Waals surface area contributed by atoms with E-state index in [1.54, 1.807) is 11.3 Å². The van der Waals surface area contributed by atoms with Gasteiger partial charge in [0.1, 0.15) is 18.5 Å². The van der Waals surface area contributed by atoms with E-state index < -0.39 is 6.10 Å². The average Bonchev–Trinajstić information content (AvgIpc) is 2.98. The Balaban J connectivity index is 0.00000220. The van der Waals surface area contributed by atoms with Crippen LogP contribution in [0.5, 0.6) is 5.75 Å². The fourth-order valence-electron chi connectivity index (χ4n) is 1.91. The van der Waals surface area contributed by atoms with Crippen molar-refractivity contribution in [2.45, 2.75) is 26.0 Å². The second-order valence-corrected chi connectivity index (χ2v) is 5.85. The highest BCUT2D eigenvalue weighted by atomic mass is 35.5. The van der Waals surface area contributed by atoms with Crippen LogP contribution in [0.2, 0.25) is 0 Å². The lowest BCUT2D eigenvalue weighted by molar-refractivity contribution is 0.104. The van der Waals surface area contributed by atoms with Crippen molar-refractivity contribution < 1.29 is 9.84 Å². The van der Waals surface area contributed by atoms with Gasteiger partial charge in [0.25, 0.3) is 0 Å². The highest BCUT2D eigenvalue weighted by Crippen LogP contribution is 2.18. The Morgan fingerprint density at radius 3 is 2.67 bits per heavy atom. The zero-order chi connectivity index (χ0) is 14.4. The molecule has 2 N–H and O–H groups in total. The summed E-state index contributed by atoms with van der Waals surface area (Å²) in [4.78, 5) is 1.28. The first kappa shape index (κ1) is 18.0. The summed E-state index contributed by atoms with van der Waals surface area (Å²) in [6, 6.07) is 12.2. The lowest BCUT2D eigenvalue weighted by atomic mass is 10.2. The SMILES string of the molecule is Cc1ccccc1OCC(O)CNC(C)c1cccs1.Cl. The van der Waals surface area contributed by atoms with Gasteiger partial charge >= 0.3 is 0 Å². The third-order valence-electron chi connectivity index (χ3n) is 3.15. The molecule has 1 heterocycles. The van der Waals surface area contributed by atoms with Crippen molar-refractivity contribution in [2.24, 2.45) is 0 Å². The molecule has 2 aromatic rings. The smallest absolute Gasteiger partial charge is 0.122 e. The van der Waals surface area contributed by atoms with Crippen LogP contribution in [0, 0.1) is 6.92 Å². The number of benzene rings is 1. The zero-order valence-corrected chi connectivity index (χ0v) is 13.9. The van der Waals surface area contributed by atoms with Gasteiger partial charge in [0, 0.05) is 17.5 Å². The fourth-order valence-corrected chi connectivity index (χ4v) is 2.67. The van der Waals surface area contributed by atoms with Gasteiger partial charge in [-0.2, -0.15) is 0 Å². The summed E-state index contributed by atoms with van der Waals surface area (Å²) in [5, 5.41) is 15.3. The molecule has 0 fully saturated rings. The molecule has 5 heteroatoms. The number of aliphatic hydroxyl groups is 1. The molecular formula is C16H22ClNO2S. The third kappa shape index (κ3) is 5.67. The van der Waals surface area contributed by atoms with Crippen molar-refractivity contribution in [3.8, 4) is 5.75 Å². The van der Waals surface area contributed by atoms with Gasteiger partial charge in [-0.15, -0.1) is 23.7 Å². The number of halogens is 1. The van der Waals surface area contributed by atoms with Gasteiger partial charge in [-0.1, -0.05) is 24.3 Å². The van der Waals surface area contributed by atoms with E-state index in [0.29, 0.717) is 13.2 Å². The Labute approximate surface area is 136 Å². The first-order valence-corrected chi connectivity index (χ1v) is 7.68. The summed E-state index contributed by atoms with van der Waals surface area (Å²) >= 11 is 1.72. The van der Waals surface area contributed by atoms with Gasteiger partial charge in [-0.25, -0.2) is 0 Å². The van der Waals surface area contributed by atoms with E-state index in [1.807, 2.05) is 37.3 Å². The van der Waals surface area contributed by atoms with E-state index in [4.69, 9.17) is 4.74 Å². The molecule has 0 amide bonds. The molecule has 0 aliphatic rings. The van der Waals surface area contributed by atoms with Crippen LogP contribution in [0.1, 0.15) is 23.4 Å². The average molecular weight is 328 g/mol. The number of para-hydroxylation sites is 1. The molecule has 116 valence electrons. The molecule has 21 heavy (non-hydrogen) atoms. The molecule has 0 saturated carbocycles. The number of nitrogens with one attached hydrogen (secondary N) is 1. The highest BCUT2D eigenvalue weighted by molar-refractivity contribution is 7.10. The van der Waals surface area contributed by atoms with E-state index in [-0.39, 0.29) is 18.4 Å². The van der Waals surface area contributed by atoms with Crippen LogP contribution in [0.25, 0.3) is 0 Å². The molecular weight excluding hydrogens is 306 g/mol. The van der Waals surface area contributed by atoms with Crippen LogP contribution in [-0.2, 0) is 0 Å². The van der Waals surface area contributed by atoms with E-state index in [2.05, 4.69) is 23.7 Å². The second kappa shape index (κ2) is 9.05. The summed E-state index contributed by atoms with van der Waals surface area (Å²) in [5.41, 5.74) is 1.08. The quantitative estimate of drug-likeness (QED) is 0.817. The molecule has 0 aliphatic heterocycles. The maximum atomic E-state index is 9.96. The van der Waals surface area contributed by atoms with Gasteiger partial charge in [0.2, 0.25) is 0 Å². The Hall–Kier alpha value is -1.07. The molecule has 0 spiro atoms. The minimum Gasteiger partial charge on any atom is -0.491 e. The first-order valence-electron chi connectivity index (χ1n) is 6.80. The van der Waals surface area contributed by atoms with Crippen LogP contribution in [0.4, 0.5) is 0 Å². The molecule has 2 unspecified atom stereocenters. The number of ether oxygens (including phenoxy) is 1. The molecule has 2 rings (SSSR count). The maximum Gasteiger partial charge on any atom is 0.122 e. The third-order valence-corrected chi connectivity index (χ3v) is 4.21. The standard InChI is InChI=1S/C16H21NO2S.ClH/c1-12-6-3-4-7-15(12)19-11-14(18)10-17-13(2)16-8-5-9-20-16;/h3-9,13-14,17-18H,10-11H2,1-2H3;1H. The molecule has 1 aromatic carbocycles. The van der Waals surface area contributed by atoms with Gasteiger partial charge < -0.3 is 15.2 Å². The van der Waals surface area contributed by atoms with E-state index in [9.17, 15) is 5.11 Å². The topological polar surface area (TPSA) is 41.5 Å². The van der Waals surface area contributed by atoms with Crippen molar-refractivity contribution >= 4 is 23.7 Å². The molecule has 0 saturated heterocycles. The summed E-state index contributed by atoms with van der Waals surface area (Å²) in [6.07, 6.45) is -0.517. The Morgan fingerprint density at radius 2 is 2.00 bits per heavy atom. The first-order chi connectivity index (χ1) is 9.66. The lowest BCUT2D eigenvalue weighted by Crippen LogP contribution is -2.32.